The van der Waals surface area contributed by atoms with Crippen LogP contribution in [-0.2, 0) is 14.2 Å². The SMILES string of the molecule is CN=C(NCCCOCC1CCCO1)NCC(C)(C)NC(=O)OC(C)(C)C. The van der Waals surface area contributed by atoms with Gasteiger partial charge in [0.1, 0.15) is 5.60 Å². The van der Waals surface area contributed by atoms with Gasteiger partial charge in [-0.15, -0.1) is 0 Å². The first kappa shape index (κ1) is 23.5. The molecule has 0 aromatic heterocycles. The minimum atomic E-state index is -0.517. The number of alkyl carbamates (subject to hydrolysis) is 1. The third kappa shape index (κ3) is 11.7. The van der Waals surface area contributed by atoms with Crippen LogP contribution in [0.25, 0.3) is 0 Å². The van der Waals surface area contributed by atoms with Crippen molar-refractivity contribution in [2.45, 2.75) is 71.1 Å². The summed E-state index contributed by atoms with van der Waals surface area (Å²) in [6, 6.07) is 0. The highest BCUT2D eigenvalue weighted by molar-refractivity contribution is 5.79. The molecule has 1 heterocycles. The lowest BCUT2D eigenvalue weighted by Crippen LogP contribution is -2.54. The summed E-state index contributed by atoms with van der Waals surface area (Å²) in [5.74, 6) is 0.688. The van der Waals surface area contributed by atoms with Crippen molar-refractivity contribution in [3.8, 4) is 0 Å². The zero-order valence-corrected chi connectivity index (χ0v) is 17.8. The lowest BCUT2D eigenvalue weighted by atomic mass is 10.1. The predicted octanol–water partition coefficient (Wildman–Crippen LogP) is 2.04. The molecule has 0 aliphatic carbocycles. The fourth-order valence-electron chi connectivity index (χ4n) is 2.52. The Kier molecular flexibility index (Phi) is 9.87. The van der Waals surface area contributed by atoms with Gasteiger partial charge in [-0.1, -0.05) is 0 Å². The number of carbonyl (C=O) groups excluding carboxylic acids is 1. The van der Waals surface area contributed by atoms with Gasteiger partial charge in [0.15, 0.2) is 5.96 Å². The first-order valence-corrected chi connectivity index (χ1v) is 9.76. The third-order valence-electron chi connectivity index (χ3n) is 3.85. The minimum absolute atomic E-state index is 0.270. The molecule has 158 valence electrons. The standard InChI is InChI=1S/C19H38N4O4/c1-18(2,3)27-17(24)23-19(4,5)14-22-16(20-6)21-10-8-11-25-13-15-9-7-12-26-15/h15H,7-14H2,1-6H3,(H,23,24)(H2,20,21,22). The van der Waals surface area contributed by atoms with Crippen LogP contribution < -0.4 is 16.0 Å². The molecule has 8 nitrogen and oxygen atoms in total. The van der Waals surface area contributed by atoms with Gasteiger partial charge in [0, 0.05) is 33.4 Å². The van der Waals surface area contributed by atoms with Crippen LogP contribution in [0, 0.1) is 0 Å². The van der Waals surface area contributed by atoms with Crippen molar-refractivity contribution >= 4 is 12.1 Å². The average molecular weight is 387 g/mol. The molecular formula is C19H38N4O4. The smallest absolute Gasteiger partial charge is 0.408 e. The quantitative estimate of drug-likeness (QED) is 0.319. The molecule has 1 rings (SSSR count). The molecule has 1 unspecified atom stereocenters. The van der Waals surface area contributed by atoms with Gasteiger partial charge in [-0.3, -0.25) is 4.99 Å². The molecule has 0 saturated carbocycles. The summed E-state index contributed by atoms with van der Waals surface area (Å²) in [6.07, 6.45) is 2.96. The van der Waals surface area contributed by atoms with E-state index in [2.05, 4.69) is 20.9 Å². The zero-order valence-electron chi connectivity index (χ0n) is 17.8. The summed E-state index contributed by atoms with van der Waals surface area (Å²) >= 11 is 0. The van der Waals surface area contributed by atoms with Gasteiger partial charge < -0.3 is 30.2 Å². The van der Waals surface area contributed by atoms with Crippen LogP contribution in [0.1, 0.15) is 53.9 Å². The van der Waals surface area contributed by atoms with Crippen molar-refractivity contribution in [3.05, 3.63) is 0 Å². The van der Waals surface area contributed by atoms with Crippen molar-refractivity contribution in [1.29, 1.82) is 0 Å². The summed E-state index contributed by atoms with van der Waals surface area (Å²) in [4.78, 5) is 16.1. The number of hydrogen-bond donors (Lipinski definition) is 3. The van der Waals surface area contributed by atoms with E-state index in [4.69, 9.17) is 14.2 Å². The molecular weight excluding hydrogens is 348 g/mol. The van der Waals surface area contributed by atoms with E-state index < -0.39 is 17.2 Å². The van der Waals surface area contributed by atoms with Gasteiger partial charge >= 0.3 is 6.09 Å². The second-order valence-corrected chi connectivity index (χ2v) is 8.43. The Balaban J connectivity index is 2.17. The van der Waals surface area contributed by atoms with Crippen LogP contribution in [-0.4, -0.2) is 69.3 Å². The molecule has 1 saturated heterocycles. The number of ether oxygens (including phenoxy) is 3. The first-order valence-electron chi connectivity index (χ1n) is 9.76. The maximum absolute atomic E-state index is 11.9. The van der Waals surface area contributed by atoms with E-state index in [9.17, 15) is 4.79 Å². The summed E-state index contributed by atoms with van der Waals surface area (Å²) in [5.41, 5.74) is -0.999. The summed E-state index contributed by atoms with van der Waals surface area (Å²) < 4.78 is 16.5. The molecule has 1 aliphatic rings. The van der Waals surface area contributed by atoms with Crippen LogP contribution in [0.15, 0.2) is 4.99 Å². The number of rotatable bonds is 9. The van der Waals surface area contributed by atoms with Crippen LogP contribution >= 0.6 is 0 Å². The van der Waals surface area contributed by atoms with E-state index in [0.717, 1.165) is 32.4 Å². The van der Waals surface area contributed by atoms with Crippen molar-refractivity contribution in [2.75, 3.05) is 40.0 Å². The van der Waals surface area contributed by atoms with Crippen LogP contribution in [0.5, 0.6) is 0 Å². The Bertz CT molecular complexity index is 469. The van der Waals surface area contributed by atoms with Crippen LogP contribution in [0.3, 0.4) is 0 Å². The Morgan fingerprint density at radius 1 is 1.22 bits per heavy atom. The lowest BCUT2D eigenvalue weighted by Gasteiger charge is -2.29. The number of amides is 1. The molecule has 0 aromatic rings. The number of guanidine groups is 1. The highest BCUT2D eigenvalue weighted by Gasteiger charge is 2.24. The molecule has 8 heteroatoms. The normalized spacial score (nSPS) is 18.3. The van der Waals surface area contributed by atoms with Gasteiger partial charge in [-0.05, 0) is 53.9 Å². The van der Waals surface area contributed by atoms with Gasteiger partial charge in [0.2, 0.25) is 0 Å². The number of aliphatic imine (C=N–C) groups is 1. The maximum atomic E-state index is 11.9. The van der Waals surface area contributed by atoms with Crippen LogP contribution in [0.4, 0.5) is 4.79 Å². The first-order chi connectivity index (χ1) is 12.6. The molecule has 0 radical (unpaired) electrons. The van der Waals surface area contributed by atoms with Gasteiger partial charge in [0.25, 0.3) is 0 Å². The third-order valence-corrected chi connectivity index (χ3v) is 3.85. The largest absolute Gasteiger partial charge is 0.444 e. The van der Waals surface area contributed by atoms with E-state index in [1.165, 1.54) is 0 Å². The van der Waals surface area contributed by atoms with Crippen molar-refractivity contribution in [1.82, 2.24) is 16.0 Å². The fourth-order valence-corrected chi connectivity index (χ4v) is 2.52. The maximum Gasteiger partial charge on any atom is 0.408 e. The highest BCUT2D eigenvalue weighted by Crippen LogP contribution is 2.12. The second kappa shape index (κ2) is 11.3. The van der Waals surface area contributed by atoms with Crippen molar-refractivity contribution in [3.63, 3.8) is 0 Å². The molecule has 0 aromatic carbocycles. The minimum Gasteiger partial charge on any atom is -0.444 e. The molecule has 3 N–H and O–H groups in total. The molecule has 1 aliphatic heterocycles. The van der Waals surface area contributed by atoms with Crippen LogP contribution in [0.2, 0.25) is 0 Å². The number of hydrogen-bond acceptors (Lipinski definition) is 5. The molecule has 0 spiro atoms. The fraction of sp³-hybridized carbons (Fsp3) is 0.895. The van der Waals surface area contributed by atoms with E-state index in [1.54, 1.807) is 7.05 Å². The molecule has 0 bridgehead atoms. The molecule has 1 amide bonds. The topological polar surface area (TPSA) is 93.2 Å². The van der Waals surface area contributed by atoms with Crippen molar-refractivity contribution < 1.29 is 19.0 Å². The lowest BCUT2D eigenvalue weighted by molar-refractivity contribution is 0.0168. The number of nitrogens with one attached hydrogen (secondary N) is 3. The van der Waals surface area contributed by atoms with E-state index >= 15 is 0 Å². The van der Waals surface area contributed by atoms with Crippen molar-refractivity contribution in [2.24, 2.45) is 4.99 Å². The summed E-state index contributed by atoms with van der Waals surface area (Å²) in [7, 11) is 1.72. The molecule has 1 atom stereocenters. The average Bonchev–Trinajstić information content (AvgIpc) is 3.04. The van der Waals surface area contributed by atoms with Gasteiger partial charge in [-0.2, -0.15) is 0 Å². The summed E-state index contributed by atoms with van der Waals surface area (Å²) in [6.45, 7) is 12.9. The highest BCUT2D eigenvalue weighted by atomic mass is 16.6. The Morgan fingerprint density at radius 2 is 1.96 bits per heavy atom. The summed E-state index contributed by atoms with van der Waals surface area (Å²) in [5, 5.41) is 9.33. The predicted molar refractivity (Wildman–Crippen MR) is 107 cm³/mol. The van der Waals surface area contributed by atoms with Gasteiger partial charge in [0.05, 0.1) is 18.2 Å². The monoisotopic (exact) mass is 386 g/mol. The van der Waals surface area contributed by atoms with E-state index in [1.807, 2.05) is 34.6 Å². The number of carbonyl (C=O) groups is 1. The Hall–Kier alpha value is -1.54. The molecule has 1 fully saturated rings. The van der Waals surface area contributed by atoms with E-state index in [0.29, 0.717) is 25.7 Å². The zero-order chi connectivity index (χ0) is 20.3. The second-order valence-electron chi connectivity index (χ2n) is 8.43. The Morgan fingerprint density at radius 3 is 2.56 bits per heavy atom. The van der Waals surface area contributed by atoms with Gasteiger partial charge in [-0.25, -0.2) is 4.79 Å². The van der Waals surface area contributed by atoms with E-state index in [-0.39, 0.29) is 6.10 Å². The number of nitrogens with zero attached hydrogens (tertiary/aromatic N) is 1. The molecule has 27 heavy (non-hydrogen) atoms. The Labute approximate surface area is 163 Å².